The molecule has 1 aromatic heterocycles. The van der Waals surface area contributed by atoms with E-state index in [2.05, 4.69) is 10.00 Å². The number of carbonyl (C=O) groups is 1. The fourth-order valence-electron chi connectivity index (χ4n) is 3.45. The first-order valence-electron chi connectivity index (χ1n) is 8.82. The third-order valence-electron chi connectivity index (χ3n) is 4.95. The van der Waals surface area contributed by atoms with Crippen molar-refractivity contribution in [3.05, 3.63) is 50.8 Å². The molecule has 1 amide bonds. The van der Waals surface area contributed by atoms with E-state index in [1.807, 2.05) is 37.9 Å². The molecule has 0 atom stereocenters. The van der Waals surface area contributed by atoms with E-state index in [1.54, 1.807) is 10.7 Å². The van der Waals surface area contributed by atoms with Crippen molar-refractivity contribution in [2.75, 3.05) is 26.2 Å². The molecular weight excluding hydrogens is 371 g/mol. The second-order valence-electron chi connectivity index (χ2n) is 6.86. The van der Waals surface area contributed by atoms with Crippen molar-refractivity contribution < 1.29 is 4.79 Å². The van der Waals surface area contributed by atoms with Crippen molar-refractivity contribution in [2.24, 2.45) is 7.05 Å². The maximum absolute atomic E-state index is 12.9. The smallest absolute Gasteiger partial charge is 0.254 e. The normalized spacial score (nSPS) is 16.0. The number of benzene rings is 1. The van der Waals surface area contributed by atoms with E-state index in [-0.39, 0.29) is 5.91 Å². The maximum Gasteiger partial charge on any atom is 0.254 e. The summed E-state index contributed by atoms with van der Waals surface area (Å²) in [6, 6.07) is 5.44. The van der Waals surface area contributed by atoms with Crippen LogP contribution in [0.1, 0.15) is 33.6 Å². The van der Waals surface area contributed by atoms with Gasteiger partial charge in [0.25, 0.3) is 5.91 Å². The SMILES string of the molecule is Cc1cc(Cl)ccc1C(=O)N1CCCN(Cc2c(C)nn(C)c2Cl)CC1. The van der Waals surface area contributed by atoms with Crippen LogP contribution < -0.4 is 0 Å². The summed E-state index contributed by atoms with van der Waals surface area (Å²) in [5.74, 6) is 0.0802. The number of hydrogen-bond donors (Lipinski definition) is 0. The van der Waals surface area contributed by atoms with Crippen LogP contribution in [0.4, 0.5) is 0 Å². The zero-order valence-corrected chi connectivity index (χ0v) is 16.9. The Hall–Kier alpha value is -1.56. The van der Waals surface area contributed by atoms with Crippen LogP contribution in [0.25, 0.3) is 0 Å². The largest absolute Gasteiger partial charge is 0.337 e. The highest BCUT2D eigenvalue weighted by Crippen LogP contribution is 2.22. The lowest BCUT2D eigenvalue weighted by atomic mass is 10.1. The van der Waals surface area contributed by atoms with Gasteiger partial charge in [0, 0.05) is 55.9 Å². The quantitative estimate of drug-likeness (QED) is 0.796. The molecule has 1 aliphatic heterocycles. The lowest BCUT2D eigenvalue weighted by molar-refractivity contribution is 0.0760. The molecular formula is C19H24Cl2N4O. The van der Waals surface area contributed by atoms with Crippen molar-refractivity contribution in [3.63, 3.8) is 0 Å². The molecule has 26 heavy (non-hydrogen) atoms. The molecule has 1 aliphatic rings. The minimum absolute atomic E-state index is 0.0802. The Bertz CT molecular complexity index is 818. The van der Waals surface area contributed by atoms with Gasteiger partial charge in [-0.1, -0.05) is 23.2 Å². The minimum Gasteiger partial charge on any atom is -0.337 e. The Balaban J connectivity index is 1.67. The lowest BCUT2D eigenvalue weighted by Crippen LogP contribution is -2.35. The Labute approximate surface area is 164 Å². The lowest BCUT2D eigenvalue weighted by Gasteiger charge is -2.22. The summed E-state index contributed by atoms with van der Waals surface area (Å²) in [7, 11) is 1.86. The topological polar surface area (TPSA) is 41.4 Å². The zero-order chi connectivity index (χ0) is 18.8. The number of rotatable bonds is 3. The highest BCUT2D eigenvalue weighted by molar-refractivity contribution is 6.31. The zero-order valence-electron chi connectivity index (χ0n) is 15.4. The highest BCUT2D eigenvalue weighted by Gasteiger charge is 2.23. The Morgan fingerprint density at radius 1 is 1.15 bits per heavy atom. The summed E-state index contributed by atoms with van der Waals surface area (Å²) < 4.78 is 1.71. The van der Waals surface area contributed by atoms with Gasteiger partial charge >= 0.3 is 0 Å². The number of hydrogen-bond acceptors (Lipinski definition) is 3. The standard InChI is InChI=1S/C19H24Cl2N4O/c1-13-11-15(20)5-6-16(13)19(26)25-8-4-7-24(9-10-25)12-17-14(2)22-23(3)18(17)21/h5-6,11H,4,7-10,12H2,1-3H3. The van der Waals surface area contributed by atoms with Gasteiger partial charge in [-0.05, 0) is 44.0 Å². The van der Waals surface area contributed by atoms with Crippen molar-refractivity contribution in [1.82, 2.24) is 19.6 Å². The van der Waals surface area contributed by atoms with Crippen molar-refractivity contribution in [2.45, 2.75) is 26.8 Å². The Morgan fingerprint density at radius 2 is 1.92 bits per heavy atom. The molecule has 0 radical (unpaired) electrons. The molecule has 0 saturated carbocycles. The number of halogens is 2. The summed E-state index contributed by atoms with van der Waals surface area (Å²) in [6.45, 7) is 7.90. The highest BCUT2D eigenvalue weighted by atomic mass is 35.5. The molecule has 0 aliphatic carbocycles. The first kappa shape index (κ1) is 19.2. The van der Waals surface area contributed by atoms with Gasteiger partial charge in [-0.2, -0.15) is 5.10 Å². The second kappa shape index (κ2) is 7.99. The molecule has 0 N–H and O–H groups in total. The number of carbonyl (C=O) groups excluding carboxylic acids is 1. The van der Waals surface area contributed by atoms with Gasteiger partial charge in [0.05, 0.1) is 5.69 Å². The van der Waals surface area contributed by atoms with Gasteiger partial charge < -0.3 is 4.90 Å². The van der Waals surface area contributed by atoms with Crippen molar-refractivity contribution in [1.29, 1.82) is 0 Å². The average Bonchev–Trinajstić information content (AvgIpc) is 2.78. The molecule has 140 valence electrons. The molecule has 2 heterocycles. The van der Waals surface area contributed by atoms with E-state index < -0.39 is 0 Å². The summed E-state index contributed by atoms with van der Waals surface area (Å²) in [4.78, 5) is 17.2. The third-order valence-corrected chi connectivity index (χ3v) is 5.65. The first-order valence-corrected chi connectivity index (χ1v) is 9.58. The van der Waals surface area contributed by atoms with Gasteiger partial charge in [-0.25, -0.2) is 0 Å². The molecule has 3 rings (SSSR count). The van der Waals surface area contributed by atoms with E-state index in [4.69, 9.17) is 23.2 Å². The van der Waals surface area contributed by atoms with Crippen LogP contribution >= 0.6 is 23.2 Å². The fourth-order valence-corrected chi connectivity index (χ4v) is 3.91. The number of amides is 1. The number of nitrogens with zero attached hydrogens (tertiary/aromatic N) is 4. The average molecular weight is 395 g/mol. The summed E-state index contributed by atoms with van der Waals surface area (Å²) in [5.41, 5.74) is 3.68. The Kier molecular flexibility index (Phi) is 5.90. The van der Waals surface area contributed by atoms with Gasteiger partial charge in [-0.3, -0.25) is 14.4 Å². The first-order chi connectivity index (χ1) is 12.4. The number of aryl methyl sites for hydroxylation is 3. The van der Waals surface area contributed by atoms with Gasteiger partial charge in [0.15, 0.2) is 0 Å². The van der Waals surface area contributed by atoms with Crippen LogP contribution in [0.15, 0.2) is 18.2 Å². The van der Waals surface area contributed by atoms with Crippen LogP contribution in [0.5, 0.6) is 0 Å². The third kappa shape index (κ3) is 4.05. The van der Waals surface area contributed by atoms with Crippen molar-refractivity contribution in [3.8, 4) is 0 Å². The van der Waals surface area contributed by atoms with E-state index in [1.165, 1.54) is 0 Å². The molecule has 1 aromatic carbocycles. The molecule has 1 saturated heterocycles. The molecule has 2 aromatic rings. The predicted octanol–water partition coefficient (Wildman–Crippen LogP) is 3.69. The second-order valence-corrected chi connectivity index (χ2v) is 7.65. The van der Waals surface area contributed by atoms with Crippen LogP contribution in [0.3, 0.4) is 0 Å². The van der Waals surface area contributed by atoms with Gasteiger partial charge in [0.2, 0.25) is 0 Å². The van der Waals surface area contributed by atoms with Crippen LogP contribution in [0.2, 0.25) is 10.2 Å². The van der Waals surface area contributed by atoms with E-state index >= 15 is 0 Å². The van der Waals surface area contributed by atoms with E-state index in [9.17, 15) is 4.79 Å². The Morgan fingerprint density at radius 3 is 2.58 bits per heavy atom. The summed E-state index contributed by atoms with van der Waals surface area (Å²) >= 11 is 12.4. The number of aromatic nitrogens is 2. The minimum atomic E-state index is 0.0802. The summed E-state index contributed by atoms with van der Waals surface area (Å²) in [5, 5.41) is 5.73. The van der Waals surface area contributed by atoms with Crippen molar-refractivity contribution >= 4 is 29.1 Å². The van der Waals surface area contributed by atoms with Gasteiger partial charge in [-0.15, -0.1) is 0 Å². The van der Waals surface area contributed by atoms with Crippen LogP contribution in [-0.4, -0.2) is 51.7 Å². The monoisotopic (exact) mass is 394 g/mol. The molecule has 0 bridgehead atoms. The molecule has 5 nitrogen and oxygen atoms in total. The molecule has 1 fully saturated rings. The van der Waals surface area contributed by atoms with Crippen LogP contribution in [0, 0.1) is 13.8 Å². The van der Waals surface area contributed by atoms with Gasteiger partial charge in [0.1, 0.15) is 5.15 Å². The summed E-state index contributed by atoms with van der Waals surface area (Å²) in [6.07, 6.45) is 0.940. The maximum atomic E-state index is 12.9. The fraction of sp³-hybridized carbons (Fsp3) is 0.474. The van der Waals surface area contributed by atoms with E-state index in [0.717, 1.165) is 55.0 Å². The van der Waals surface area contributed by atoms with Crippen LogP contribution in [-0.2, 0) is 13.6 Å². The molecule has 0 spiro atoms. The molecule has 0 unspecified atom stereocenters. The molecule has 7 heteroatoms. The van der Waals surface area contributed by atoms with E-state index in [0.29, 0.717) is 16.7 Å². The predicted molar refractivity (Wildman–Crippen MR) is 105 cm³/mol.